The van der Waals surface area contributed by atoms with Gasteiger partial charge in [0, 0.05) is 37.8 Å². The number of aromatic hydroxyl groups is 1. The summed E-state index contributed by atoms with van der Waals surface area (Å²) in [6, 6.07) is 7.52. The van der Waals surface area contributed by atoms with E-state index in [9.17, 15) is 5.11 Å². The van der Waals surface area contributed by atoms with Crippen LogP contribution in [-0.2, 0) is 0 Å². The van der Waals surface area contributed by atoms with Crippen LogP contribution in [-0.4, -0.2) is 36.3 Å². The number of aromatic nitrogens is 1. The molecule has 65 valence electrons. The van der Waals surface area contributed by atoms with Crippen LogP contribution in [0.2, 0.25) is 0 Å². The second-order valence-electron chi connectivity index (χ2n) is 2.86. The minimum Gasteiger partial charge on any atom is -0.506 e. The number of benzene rings is 1. The molecule has 1 N–H and O–H groups in total. The van der Waals surface area contributed by atoms with E-state index in [1.807, 2.05) is 25.1 Å². The van der Waals surface area contributed by atoms with Gasteiger partial charge in [0.2, 0.25) is 0 Å². The summed E-state index contributed by atoms with van der Waals surface area (Å²) in [5, 5.41) is 10.5. The first-order chi connectivity index (χ1) is 5.77. The van der Waals surface area contributed by atoms with Crippen LogP contribution >= 0.6 is 0 Å². The van der Waals surface area contributed by atoms with Crippen molar-refractivity contribution < 1.29 is 5.11 Å². The molecule has 2 rings (SSSR count). The molecule has 0 saturated heterocycles. The Hall–Kier alpha value is -0.687. The van der Waals surface area contributed by atoms with Crippen molar-refractivity contribution in [3.63, 3.8) is 0 Å². The van der Waals surface area contributed by atoms with Gasteiger partial charge in [-0.25, -0.2) is 0 Å². The standard InChI is InChI=1S/C10H9NO.Bi/c1-7-5-8-3-2-4-11-10(8)9(12)6-7;/h2-6,12H,1H3;. The smallest absolute Gasteiger partial charge is 0.142 e. The number of rotatable bonds is 0. The van der Waals surface area contributed by atoms with Crippen molar-refractivity contribution in [1.82, 2.24) is 4.98 Å². The molecule has 1 heterocycles. The van der Waals surface area contributed by atoms with E-state index < -0.39 is 0 Å². The SMILES string of the molecule is Cc1cc(O)c2ncccc2c1.[Bi]. The maximum atomic E-state index is 9.49. The Morgan fingerprint density at radius 3 is 2.85 bits per heavy atom. The minimum absolute atomic E-state index is 0. The Balaban J connectivity index is 0.000000845. The van der Waals surface area contributed by atoms with Crippen LogP contribution < -0.4 is 0 Å². The Morgan fingerprint density at radius 1 is 1.31 bits per heavy atom. The molecule has 3 radical (unpaired) electrons. The van der Waals surface area contributed by atoms with Crippen molar-refractivity contribution in [2.45, 2.75) is 6.92 Å². The molecular weight excluding hydrogens is 359 g/mol. The zero-order chi connectivity index (χ0) is 8.55. The van der Waals surface area contributed by atoms with Crippen molar-refractivity contribution in [2.24, 2.45) is 0 Å². The molecule has 0 aliphatic rings. The number of hydrogen-bond donors (Lipinski definition) is 1. The largest absolute Gasteiger partial charge is 0.506 e. The summed E-state index contributed by atoms with van der Waals surface area (Å²) >= 11 is 0. The Labute approximate surface area is 95.7 Å². The van der Waals surface area contributed by atoms with Gasteiger partial charge in [0.05, 0.1) is 0 Å². The van der Waals surface area contributed by atoms with Crippen molar-refractivity contribution in [3.05, 3.63) is 36.0 Å². The molecule has 0 bridgehead atoms. The van der Waals surface area contributed by atoms with Crippen molar-refractivity contribution in [3.8, 4) is 5.75 Å². The Morgan fingerprint density at radius 2 is 2.08 bits per heavy atom. The maximum absolute atomic E-state index is 9.49. The average molecular weight is 368 g/mol. The molecule has 3 heteroatoms. The van der Waals surface area contributed by atoms with Crippen molar-refractivity contribution in [1.29, 1.82) is 0 Å². The number of aryl methyl sites for hydroxylation is 1. The van der Waals surface area contributed by atoms with E-state index in [-0.39, 0.29) is 32.0 Å². The fourth-order valence-corrected chi connectivity index (χ4v) is 1.32. The molecule has 0 amide bonds. The van der Waals surface area contributed by atoms with Gasteiger partial charge < -0.3 is 5.11 Å². The molecule has 1 aromatic heterocycles. The van der Waals surface area contributed by atoms with E-state index >= 15 is 0 Å². The van der Waals surface area contributed by atoms with Gasteiger partial charge in [-0.3, -0.25) is 4.98 Å². The molecule has 1 aromatic carbocycles. The van der Waals surface area contributed by atoms with E-state index in [0.29, 0.717) is 5.52 Å². The third kappa shape index (κ3) is 1.97. The number of nitrogens with zero attached hydrogens (tertiary/aromatic N) is 1. The van der Waals surface area contributed by atoms with Crippen LogP contribution in [0.3, 0.4) is 0 Å². The van der Waals surface area contributed by atoms with E-state index in [2.05, 4.69) is 4.98 Å². The molecule has 2 nitrogen and oxygen atoms in total. The van der Waals surface area contributed by atoms with Gasteiger partial charge in [-0.05, 0) is 30.7 Å². The fraction of sp³-hybridized carbons (Fsp3) is 0.100. The third-order valence-corrected chi connectivity index (χ3v) is 1.83. The summed E-state index contributed by atoms with van der Waals surface area (Å²) in [7, 11) is 0. The first-order valence-electron chi connectivity index (χ1n) is 3.82. The zero-order valence-electron chi connectivity index (χ0n) is 7.23. The number of pyridine rings is 1. The number of hydrogen-bond acceptors (Lipinski definition) is 2. The van der Waals surface area contributed by atoms with Crippen molar-refractivity contribution >= 4 is 37.1 Å². The number of fused-ring (bicyclic) bond motifs is 1. The predicted molar refractivity (Wildman–Crippen MR) is 53.9 cm³/mol. The van der Waals surface area contributed by atoms with Gasteiger partial charge in [0.25, 0.3) is 0 Å². The molecule has 0 saturated carbocycles. The fourth-order valence-electron chi connectivity index (χ4n) is 1.32. The summed E-state index contributed by atoms with van der Waals surface area (Å²) in [5.41, 5.74) is 1.72. The van der Waals surface area contributed by atoms with Crippen LogP contribution in [0.1, 0.15) is 5.56 Å². The van der Waals surface area contributed by atoms with Gasteiger partial charge in [-0.2, -0.15) is 0 Å². The second kappa shape index (κ2) is 4.01. The monoisotopic (exact) mass is 368 g/mol. The summed E-state index contributed by atoms with van der Waals surface area (Å²) in [6.45, 7) is 1.95. The summed E-state index contributed by atoms with van der Waals surface area (Å²) in [5.74, 6) is 0.255. The molecule has 2 aromatic rings. The number of phenolic OH excluding ortho intramolecular Hbond substituents is 1. The van der Waals surface area contributed by atoms with Gasteiger partial charge in [0.15, 0.2) is 0 Å². The van der Waals surface area contributed by atoms with Gasteiger partial charge in [0.1, 0.15) is 11.3 Å². The van der Waals surface area contributed by atoms with Gasteiger partial charge in [-0.15, -0.1) is 0 Å². The van der Waals surface area contributed by atoms with Crippen LogP contribution in [0.4, 0.5) is 0 Å². The van der Waals surface area contributed by atoms with Crippen molar-refractivity contribution in [2.75, 3.05) is 0 Å². The summed E-state index contributed by atoms with van der Waals surface area (Å²) in [4.78, 5) is 4.07. The Bertz CT molecular complexity index is 428. The van der Waals surface area contributed by atoms with E-state index in [0.717, 1.165) is 10.9 Å². The Kier molecular flexibility index (Phi) is 3.21. The van der Waals surface area contributed by atoms with E-state index in [1.165, 1.54) is 0 Å². The summed E-state index contributed by atoms with van der Waals surface area (Å²) < 4.78 is 0. The zero-order valence-corrected chi connectivity index (χ0v) is 10.7. The van der Waals surface area contributed by atoms with Gasteiger partial charge in [-0.1, -0.05) is 6.07 Å². The molecule has 0 aliphatic heterocycles. The molecule has 0 unspecified atom stereocenters. The van der Waals surface area contributed by atoms with E-state index in [4.69, 9.17) is 0 Å². The topological polar surface area (TPSA) is 33.1 Å². The molecule has 0 aliphatic carbocycles. The third-order valence-electron chi connectivity index (χ3n) is 1.83. The minimum atomic E-state index is 0. The molecular formula is C10H9BiNO. The first kappa shape index (κ1) is 10.4. The normalized spacial score (nSPS) is 9.62. The second-order valence-corrected chi connectivity index (χ2v) is 2.86. The maximum Gasteiger partial charge on any atom is 0.142 e. The molecule has 0 atom stereocenters. The van der Waals surface area contributed by atoms with Crippen LogP contribution in [0.15, 0.2) is 30.5 Å². The summed E-state index contributed by atoms with van der Waals surface area (Å²) in [6.07, 6.45) is 1.68. The van der Waals surface area contributed by atoms with Crippen LogP contribution in [0.25, 0.3) is 10.9 Å². The first-order valence-corrected chi connectivity index (χ1v) is 3.82. The van der Waals surface area contributed by atoms with E-state index in [1.54, 1.807) is 12.3 Å². The van der Waals surface area contributed by atoms with Crippen LogP contribution in [0, 0.1) is 6.92 Å². The average Bonchev–Trinajstić information content (AvgIpc) is 2.04. The van der Waals surface area contributed by atoms with Gasteiger partial charge >= 0.3 is 0 Å². The molecule has 0 spiro atoms. The predicted octanol–water partition coefficient (Wildman–Crippen LogP) is 1.87. The molecule has 13 heavy (non-hydrogen) atoms. The van der Waals surface area contributed by atoms with Crippen LogP contribution in [0.5, 0.6) is 5.75 Å². The number of phenols is 1. The quantitative estimate of drug-likeness (QED) is 0.721. The molecule has 0 fully saturated rings.